The Morgan fingerprint density at radius 3 is 2.68 bits per heavy atom. The Balaban J connectivity index is 1.93. The first kappa shape index (κ1) is 17.5. The third-order valence-corrected chi connectivity index (χ3v) is 6.14. The average Bonchev–Trinajstić information content (AvgIpc) is 2.68. The van der Waals surface area contributed by atoms with E-state index >= 15 is 0 Å². The van der Waals surface area contributed by atoms with Gasteiger partial charge >= 0.3 is 0 Å². The van der Waals surface area contributed by atoms with Crippen LogP contribution in [0.2, 0.25) is 0 Å². The lowest BCUT2D eigenvalue weighted by atomic mass is 10.1. The maximum Gasteiger partial charge on any atom is 0.251 e. The predicted octanol–water partition coefficient (Wildman–Crippen LogP) is 0.776. The molecule has 2 N–H and O–H groups in total. The summed E-state index contributed by atoms with van der Waals surface area (Å²) in [6.45, 7) is 1.49. The second kappa shape index (κ2) is 7.30. The standard InChI is InChI=1S/C17H20N4O3S/c1-18-17(22)13-4-6-15(7-5-13)25(23,24)21-10-9-20-12-16(21)14-3-2-8-19-11-14/h2-8,11,16,20H,9-10,12H2,1H3,(H,18,22). The van der Waals surface area contributed by atoms with Gasteiger partial charge in [0, 0.05) is 44.6 Å². The molecule has 0 radical (unpaired) electrons. The van der Waals surface area contributed by atoms with E-state index in [0.717, 1.165) is 5.56 Å². The molecule has 2 heterocycles. The van der Waals surface area contributed by atoms with Crippen molar-refractivity contribution in [2.24, 2.45) is 0 Å². The SMILES string of the molecule is CNC(=O)c1ccc(S(=O)(=O)N2CCNCC2c2cccnc2)cc1. The fraction of sp³-hybridized carbons (Fsp3) is 0.294. The summed E-state index contributed by atoms with van der Waals surface area (Å²) in [7, 11) is -2.14. The first-order valence-electron chi connectivity index (χ1n) is 7.98. The highest BCUT2D eigenvalue weighted by atomic mass is 32.2. The Labute approximate surface area is 147 Å². The van der Waals surface area contributed by atoms with Gasteiger partial charge in [0.1, 0.15) is 0 Å². The van der Waals surface area contributed by atoms with E-state index < -0.39 is 10.0 Å². The van der Waals surface area contributed by atoms with E-state index in [0.29, 0.717) is 25.2 Å². The van der Waals surface area contributed by atoms with E-state index in [1.807, 2.05) is 6.07 Å². The van der Waals surface area contributed by atoms with Crippen LogP contribution in [-0.4, -0.2) is 50.3 Å². The third kappa shape index (κ3) is 3.55. The number of piperazine rings is 1. The molecule has 0 aliphatic carbocycles. The minimum absolute atomic E-state index is 0.177. The Kier molecular flexibility index (Phi) is 5.12. The predicted molar refractivity (Wildman–Crippen MR) is 93.6 cm³/mol. The van der Waals surface area contributed by atoms with Gasteiger partial charge in [-0.05, 0) is 35.9 Å². The average molecular weight is 360 g/mol. The van der Waals surface area contributed by atoms with Crippen molar-refractivity contribution in [3.05, 3.63) is 59.9 Å². The lowest BCUT2D eigenvalue weighted by molar-refractivity contribution is 0.0963. The normalized spacial score (nSPS) is 18.7. The molecule has 1 unspecified atom stereocenters. The van der Waals surface area contributed by atoms with Crippen molar-refractivity contribution < 1.29 is 13.2 Å². The number of carbonyl (C=O) groups excluding carboxylic acids is 1. The quantitative estimate of drug-likeness (QED) is 0.841. The van der Waals surface area contributed by atoms with Crippen molar-refractivity contribution in [1.82, 2.24) is 19.9 Å². The minimum Gasteiger partial charge on any atom is -0.355 e. The summed E-state index contributed by atoms with van der Waals surface area (Å²) in [4.78, 5) is 15.9. The second-order valence-electron chi connectivity index (χ2n) is 5.73. The summed E-state index contributed by atoms with van der Waals surface area (Å²) in [5.74, 6) is -0.251. The number of nitrogens with one attached hydrogen (secondary N) is 2. The molecule has 0 spiro atoms. The van der Waals surface area contributed by atoms with Gasteiger partial charge in [0.2, 0.25) is 10.0 Å². The molecule has 1 aromatic carbocycles. The van der Waals surface area contributed by atoms with Crippen molar-refractivity contribution >= 4 is 15.9 Å². The van der Waals surface area contributed by atoms with Gasteiger partial charge in [-0.3, -0.25) is 9.78 Å². The molecule has 1 saturated heterocycles. The number of aromatic nitrogens is 1. The summed E-state index contributed by atoms with van der Waals surface area (Å²) in [6.07, 6.45) is 3.35. The van der Waals surface area contributed by atoms with Crippen LogP contribution in [-0.2, 0) is 10.0 Å². The second-order valence-corrected chi connectivity index (χ2v) is 7.62. The minimum atomic E-state index is -3.67. The maximum absolute atomic E-state index is 13.1. The molecule has 0 saturated carbocycles. The van der Waals surface area contributed by atoms with Gasteiger partial charge in [0.15, 0.2) is 0 Å². The van der Waals surface area contributed by atoms with Gasteiger partial charge in [-0.1, -0.05) is 6.07 Å². The Bertz CT molecular complexity index is 838. The zero-order valence-electron chi connectivity index (χ0n) is 13.8. The molecule has 132 valence electrons. The summed E-state index contributed by atoms with van der Waals surface area (Å²) >= 11 is 0. The monoisotopic (exact) mass is 360 g/mol. The molecule has 2 aromatic rings. The van der Waals surface area contributed by atoms with Crippen LogP contribution >= 0.6 is 0 Å². The van der Waals surface area contributed by atoms with Crippen molar-refractivity contribution in [1.29, 1.82) is 0 Å². The van der Waals surface area contributed by atoms with Gasteiger partial charge in [-0.25, -0.2) is 8.42 Å². The van der Waals surface area contributed by atoms with Crippen LogP contribution < -0.4 is 10.6 Å². The lowest BCUT2D eigenvalue weighted by Gasteiger charge is -2.35. The number of hydrogen-bond donors (Lipinski definition) is 2. The highest BCUT2D eigenvalue weighted by Gasteiger charge is 2.34. The zero-order chi connectivity index (χ0) is 17.9. The molecular weight excluding hydrogens is 340 g/mol. The molecule has 25 heavy (non-hydrogen) atoms. The Morgan fingerprint density at radius 2 is 2.04 bits per heavy atom. The summed E-state index contributed by atoms with van der Waals surface area (Å²) in [5, 5.41) is 5.75. The number of benzene rings is 1. The smallest absolute Gasteiger partial charge is 0.251 e. The first-order valence-corrected chi connectivity index (χ1v) is 9.42. The van der Waals surface area contributed by atoms with E-state index in [9.17, 15) is 13.2 Å². The third-order valence-electron chi connectivity index (χ3n) is 4.21. The highest BCUT2D eigenvalue weighted by molar-refractivity contribution is 7.89. The fourth-order valence-corrected chi connectivity index (χ4v) is 4.50. The molecule has 1 aliphatic rings. The number of amides is 1. The van der Waals surface area contributed by atoms with Crippen LogP contribution in [0.4, 0.5) is 0 Å². The van der Waals surface area contributed by atoms with E-state index in [1.54, 1.807) is 18.5 Å². The molecular formula is C17H20N4O3S. The van der Waals surface area contributed by atoms with Gasteiger partial charge in [-0.15, -0.1) is 0 Å². The largest absolute Gasteiger partial charge is 0.355 e. The molecule has 7 nitrogen and oxygen atoms in total. The van der Waals surface area contributed by atoms with Crippen molar-refractivity contribution in [3.8, 4) is 0 Å². The fourth-order valence-electron chi connectivity index (χ4n) is 2.89. The summed E-state index contributed by atoms with van der Waals surface area (Å²) in [5.41, 5.74) is 1.27. The lowest BCUT2D eigenvalue weighted by Crippen LogP contribution is -2.48. The summed E-state index contributed by atoms with van der Waals surface area (Å²) in [6, 6.07) is 9.35. The van der Waals surface area contributed by atoms with Gasteiger partial charge < -0.3 is 10.6 Å². The van der Waals surface area contributed by atoms with Crippen LogP contribution in [0.25, 0.3) is 0 Å². The molecule has 3 rings (SSSR count). The van der Waals surface area contributed by atoms with E-state index in [4.69, 9.17) is 0 Å². The van der Waals surface area contributed by atoms with Gasteiger partial charge in [0.05, 0.1) is 10.9 Å². The van der Waals surface area contributed by atoms with Crippen LogP contribution in [0.3, 0.4) is 0 Å². The van der Waals surface area contributed by atoms with Crippen LogP contribution in [0.15, 0.2) is 53.7 Å². The van der Waals surface area contributed by atoms with E-state index in [2.05, 4.69) is 15.6 Å². The molecule has 1 fully saturated rings. The van der Waals surface area contributed by atoms with E-state index in [1.165, 1.54) is 35.6 Å². The number of carbonyl (C=O) groups is 1. The van der Waals surface area contributed by atoms with Crippen LogP contribution in [0.1, 0.15) is 22.0 Å². The molecule has 1 aromatic heterocycles. The number of hydrogen-bond acceptors (Lipinski definition) is 5. The Hall–Kier alpha value is -2.29. The highest BCUT2D eigenvalue weighted by Crippen LogP contribution is 2.28. The number of pyridine rings is 1. The van der Waals surface area contributed by atoms with Gasteiger partial charge in [-0.2, -0.15) is 4.31 Å². The molecule has 0 bridgehead atoms. The van der Waals surface area contributed by atoms with Crippen LogP contribution in [0.5, 0.6) is 0 Å². The maximum atomic E-state index is 13.1. The number of rotatable bonds is 4. The van der Waals surface area contributed by atoms with Crippen molar-refractivity contribution in [2.45, 2.75) is 10.9 Å². The van der Waals surface area contributed by atoms with E-state index in [-0.39, 0.29) is 16.8 Å². The first-order chi connectivity index (χ1) is 12.0. The van der Waals surface area contributed by atoms with Gasteiger partial charge in [0.25, 0.3) is 5.91 Å². The van der Waals surface area contributed by atoms with Crippen LogP contribution in [0, 0.1) is 0 Å². The number of sulfonamides is 1. The number of nitrogens with zero attached hydrogens (tertiary/aromatic N) is 2. The van der Waals surface area contributed by atoms with Crippen molar-refractivity contribution in [3.63, 3.8) is 0 Å². The van der Waals surface area contributed by atoms with Crippen molar-refractivity contribution in [2.75, 3.05) is 26.7 Å². The molecule has 1 atom stereocenters. The molecule has 8 heteroatoms. The Morgan fingerprint density at radius 1 is 1.28 bits per heavy atom. The topological polar surface area (TPSA) is 91.4 Å². The molecule has 1 aliphatic heterocycles. The zero-order valence-corrected chi connectivity index (χ0v) is 14.7. The summed E-state index contributed by atoms with van der Waals surface area (Å²) < 4.78 is 27.7. The molecule has 1 amide bonds.